The zero-order valence-corrected chi connectivity index (χ0v) is 17.0. The molecule has 0 spiro atoms. The molecule has 0 aromatic heterocycles. The average molecular weight is 414 g/mol. The molecule has 0 radical (unpaired) electrons. The van der Waals surface area contributed by atoms with Crippen molar-refractivity contribution < 1.29 is 14.5 Å². The summed E-state index contributed by atoms with van der Waals surface area (Å²) in [5.74, 6) is -0.803. The normalized spacial score (nSPS) is 12.9. The molecule has 0 heterocycles. The van der Waals surface area contributed by atoms with Crippen LogP contribution in [0, 0.1) is 10.1 Å². The molecule has 2 N–H and O–H groups in total. The number of carbonyl (C=O) groups excluding carboxylic acids is 2. The van der Waals surface area contributed by atoms with E-state index in [9.17, 15) is 19.7 Å². The molecule has 1 fully saturated rings. The number of nitrogens with zero attached hydrogens (tertiary/aromatic N) is 2. The fraction of sp³-hybridized carbons (Fsp3) is 0.300. The third kappa shape index (κ3) is 5.26. The number of nitro groups is 1. The van der Waals surface area contributed by atoms with E-state index in [1.165, 1.54) is 35.8 Å². The number of anilines is 2. The van der Waals surface area contributed by atoms with Gasteiger partial charge in [0.1, 0.15) is 5.69 Å². The largest absolute Gasteiger partial charge is 0.377 e. The van der Waals surface area contributed by atoms with Crippen molar-refractivity contribution in [3.05, 3.63) is 58.1 Å². The fourth-order valence-electron chi connectivity index (χ4n) is 2.83. The zero-order chi connectivity index (χ0) is 21.0. The average Bonchev–Trinajstić information content (AvgIpc) is 3.51. The summed E-state index contributed by atoms with van der Waals surface area (Å²) in [6, 6.07) is 12.0. The van der Waals surface area contributed by atoms with Gasteiger partial charge in [-0.2, -0.15) is 0 Å². The molecule has 1 aliphatic carbocycles. The van der Waals surface area contributed by atoms with Gasteiger partial charge in [-0.3, -0.25) is 19.7 Å². The molecule has 2 amide bonds. The van der Waals surface area contributed by atoms with Gasteiger partial charge in [0, 0.05) is 29.6 Å². The Morgan fingerprint density at radius 1 is 1.21 bits per heavy atom. The number of likely N-dealkylation sites (N-methyl/N-ethyl adjacent to an activating group) is 1. The van der Waals surface area contributed by atoms with Gasteiger partial charge in [0.05, 0.1) is 17.2 Å². The maximum absolute atomic E-state index is 12.7. The van der Waals surface area contributed by atoms with Crippen LogP contribution in [0.2, 0.25) is 0 Å². The van der Waals surface area contributed by atoms with Crippen LogP contribution in [0.15, 0.2) is 47.4 Å². The Morgan fingerprint density at radius 3 is 2.59 bits per heavy atom. The monoisotopic (exact) mass is 414 g/mol. The van der Waals surface area contributed by atoms with Crippen molar-refractivity contribution in [1.82, 2.24) is 4.90 Å². The second-order valence-corrected chi connectivity index (χ2v) is 7.67. The summed E-state index contributed by atoms with van der Waals surface area (Å²) in [5, 5.41) is 17.3. The molecule has 2 aromatic rings. The minimum Gasteiger partial charge on any atom is -0.377 e. The highest BCUT2D eigenvalue weighted by Gasteiger charge is 2.26. The summed E-state index contributed by atoms with van der Waals surface area (Å²) in [6.45, 7) is -0.169. The molecule has 0 aliphatic heterocycles. The van der Waals surface area contributed by atoms with E-state index in [1.807, 2.05) is 24.5 Å². The van der Waals surface area contributed by atoms with Crippen LogP contribution in [-0.2, 0) is 4.79 Å². The van der Waals surface area contributed by atoms with Gasteiger partial charge < -0.3 is 15.5 Å². The Hall–Kier alpha value is -3.07. The van der Waals surface area contributed by atoms with Crippen LogP contribution < -0.4 is 10.6 Å². The second-order valence-electron chi connectivity index (χ2n) is 6.82. The second kappa shape index (κ2) is 8.95. The molecule has 29 heavy (non-hydrogen) atoms. The van der Waals surface area contributed by atoms with Crippen molar-refractivity contribution in [1.29, 1.82) is 0 Å². The number of carbonyl (C=O) groups is 2. The third-order valence-electron chi connectivity index (χ3n) is 4.49. The quantitative estimate of drug-likeness (QED) is 0.388. The van der Waals surface area contributed by atoms with Crippen LogP contribution >= 0.6 is 11.8 Å². The van der Waals surface area contributed by atoms with Crippen LogP contribution in [0.5, 0.6) is 0 Å². The minimum atomic E-state index is -0.506. The first-order valence-electron chi connectivity index (χ1n) is 9.12. The Balaban J connectivity index is 1.68. The maximum Gasteiger partial charge on any atom is 0.293 e. The third-order valence-corrected chi connectivity index (χ3v) is 5.28. The van der Waals surface area contributed by atoms with Gasteiger partial charge in [0.25, 0.3) is 11.6 Å². The lowest BCUT2D eigenvalue weighted by atomic mass is 10.1. The molecule has 1 saturated carbocycles. The zero-order valence-electron chi connectivity index (χ0n) is 16.2. The number of thioether (sulfide) groups is 1. The summed E-state index contributed by atoms with van der Waals surface area (Å²) in [4.78, 5) is 38.1. The molecule has 2 aromatic carbocycles. The molecule has 0 bridgehead atoms. The topological polar surface area (TPSA) is 105 Å². The highest BCUT2D eigenvalue weighted by molar-refractivity contribution is 7.98. The van der Waals surface area contributed by atoms with E-state index in [2.05, 4.69) is 10.6 Å². The van der Waals surface area contributed by atoms with E-state index in [0.29, 0.717) is 11.4 Å². The molecule has 152 valence electrons. The van der Waals surface area contributed by atoms with Crippen molar-refractivity contribution in [2.75, 3.05) is 30.5 Å². The standard InChI is InChI=1S/C20H22N4O4S/c1-23(12-19(25)22-16-5-3-4-6-18(16)29-2)20(26)13-7-10-15(21-14-8-9-14)17(11-13)24(27)28/h3-7,10-11,14,21H,8-9,12H2,1-2H3,(H,22,25). The van der Waals surface area contributed by atoms with Crippen molar-refractivity contribution >= 4 is 40.6 Å². The number of para-hydroxylation sites is 1. The van der Waals surface area contributed by atoms with Gasteiger partial charge in [0.2, 0.25) is 5.91 Å². The summed E-state index contributed by atoms with van der Waals surface area (Å²) >= 11 is 1.51. The smallest absolute Gasteiger partial charge is 0.293 e. The first kappa shape index (κ1) is 20.7. The van der Waals surface area contributed by atoms with Crippen LogP contribution in [0.25, 0.3) is 0 Å². The van der Waals surface area contributed by atoms with Crippen molar-refractivity contribution in [3.63, 3.8) is 0 Å². The number of hydrogen-bond donors (Lipinski definition) is 2. The fourth-order valence-corrected chi connectivity index (χ4v) is 3.38. The van der Waals surface area contributed by atoms with Crippen molar-refractivity contribution in [2.45, 2.75) is 23.8 Å². The predicted octanol–water partition coefficient (Wildman–Crippen LogP) is 3.60. The molecule has 3 rings (SSSR count). The van der Waals surface area contributed by atoms with Gasteiger partial charge in [-0.1, -0.05) is 12.1 Å². The summed E-state index contributed by atoms with van der Waals surface area (Å²) < 4.78 is 0. The van der Waals surface area contributed by atoms with Crippen molar-refractivity contribution in [3.8, 4) is 0 Å². The molecule has 0 unspecified atom stereocenters. The highest BCUT2D eigenvalue weighted by atomic mass is 32.2. The van der Waals surface area contributed by atoms with Gasteiger partial charge in [-0.15, -0.1) is 11.8 Å². The molecule has 0 saturated heterocycles. The Labute approximate surface area is 172 Å². The lowest BCUT2D eigenvalue weighted by Gasteiger charge is -2.18. The van der Waals surface area contributed by atoms with Crippen LogP contribution in [-0.4, -0.2) is 47.5 Å². The van der Waals surface area contributed by atoms with Crippen LogP contribution in [0.3, 0.4) is 0 Å². The number of rotatable bonds is 8. The molecule has 1 aliphatic rings. The van der Waals surface area contributed by atoms with E-state index in [4.69, 9.17) is 0 Å². The Morgan fingerprint density at radius 2 is 1.93 bits per heavy atom. The number of nitro benzene ring substituents is 1. The molecular weight excluding hydrogens is 392 g/mol. The summed E-state index contributed by atoms with van der Waals surface area (Å²) in [6.07, 6.45) is 3.87. The Kier molecular flexibility index (Phi) is 6.38. The number of benzene rings is 2. The maximum atomic E-state index is 12.7. The van der Waals surface area contributed by atoms with E-state index < -0.39 is 10.8 Å². The number of amides is 2. The first-order valence-corrected chi connectivity index (χ1v) is 10.3. The van der Waals surface area contributed by atoms with E-state index in [-0.39, 0.29) is 29.7 Å². The van der Waals surface area contributed by atoms with Gasteiger partial charge >= 0.3 is 0 Å². The molecular formula is C20H22N4O4S. The van der Waals surface area contributed by atoms with Gasteiger partial charge in [-0.05, 0) is 43.4 Å². The summed E-state index contributed by atoms with van der Waals surface area (Å²) in [7, 11) is 1.49. The number of nitrogens with one attached hydrogen (secondary N) is 2. The molecule has 0 atom stereocenters. The highest BCUT2D eigenvalue weighted by Crippen LogP contribution is 2.31. The SMILES string of the molecule is CSc1ccccc1NC(=O)CN(C)C(=O)c1ccc(NC2CC2)c([N+](=O)[O-])c1. The van der Waals surface area contributed by atoms with Crippen LogP contribution in [0.4, 0.5) is 17.1 Å². The van der Waals surface area contributed by atoms with Crippen LogP contribution in [0.1, 0.15) is 23.2 Å². The van der Waals surface area contributed by atoms with E-state index in [0.717, 1.165) is 17.7 Å². The van der Waals surface area contributed by atoms with Gasteiger partial charge in [0.15, 0.2) is 0 Å². The van der Waals surface area contributed by atoms with Gasteiger partial charge in [-0.25, -0.2) is 0 Å². The Bertz CT molecular complexity index is 946. The summed E-state index contributed by atoms with van der Waals surface area (Å²) in [5.41, 5.74) is 1.10. The number of hydrogen-bond acceptors (Lipinski definition) is 6. The van der Waals surface area contributed by atoms with E-state index >= 15 is 0 Å². The lowest BCUT2D eigenvalue weighted by molar-refractivity contribution is -0.384. The lowest BCUT2D eigenvalue weighted by Crippen LogP contribution is -2.35. The predicted molar refractivity (Wildman–Crippen MR) is 114 cm³/mol. The molecule has 8 nitrogen and oxygen atoms in total. The minimum absolute atomic E-state index is 0.144. The van der Waals surface area contributed by atoms with Crippen molar-refractivity contribution in [2.24, 2.45) is 0 Å². The first-order chi connectivity index (χ1) is 13.9. The van der Waals surface area contributed by atoms with E-state index in [1.54, 1.807) is 12.1 Å². The molecule has 9 heteroatoms.